The quantitative estimate of drug-likeness (QED) is 0.862. The second-order valence-corrected chi connectivity index (χ2v) is 5.13. The Kier molecular flexibility index (Phi) is 4.39. The summed E-state index contributed by atoms with van der Waals surface area (Å²) in [5, 5.41) is 3.48. The molecule has 1 unspecified atom stereocenters. The van der Waals surface area contributed by atoms with Crippen molar-refractivity contribution in [2.75, 3.05) is 7.05 Å². The molecule has 2 aromatic rings. The molecular weight excluding hydrogens is 230 g/mol. The minimum absolute atomic E-state index is 0.274. The van der Waals surface area contributed by atoms with Crippen molar-refractivity contribution in [3.8, 4) is 0 Å². The maximum atomic E-state index is 3.48. The maximum Gasteiger partial charge on any atom is 0.0579 e. The van der Waals surface area contributed by atoms with E-state index in [1.807, 2.05) is 7.05 Å². The van der Waals surface area contributed by atoms with E-state index >= 15 is 0 Å². The average molecular weight is 253 g/mol. The second kappa shape index (κ2) is 6.03. The smallest absolute Gasteiger partial charge is 0.0579 e. The molecule has 2 rings (SSSR count). The number of hydrogen-bond acceptors (Lipinski definition) is 1. The molecule has 100 valence electrons. The second-order valence-electron chi connectivity index (χ2n) is 5.13. The Balaban J connectivity index is 2.53. The first kappa shape index (κ1) is 13.8. The predicted octanol–water partition coefficient (Wildman–Crippen LogP) is 4.17. The summed E-state index contributed by atoms with van der Waals surface area (Å²) in [6, 6.07) is 15.7. The Labute approximate surface area is 116 Å². The van der Waals surface area contributed by atoms with Gasteiger partial charge in [-0.2, -0.15) is 0 Å². The van der Waals surface area contributed by atoms with Gasteiger partial charge in [-0.05, 0) is 49.6 Å². The molecule has 0 radical (unpaired) electrons. The van der Waals surface area contributed by atoms with Crippen LogP contribution in [0.2, 0.25) is 0 Å². The summed E-state index contributed by atoms with van der Waals surface area (Å²) in [6.07, 6.45) is 1.07. The predicted molar refractivity (Wildman–Crippen MR) is 82.6 cm³/mol. The van der Waals surface area contributed by atoms with E-state index in [1.54, 1.807) is 0 Å². The van der Waals surface area contributed by atoms with Gasteiger partial charge in [0.05, 0.1) is 6.04 Å². The lowest BCUT2D eigenvalue weighted by molar-refractivity contribution is 0.679. The van der Waals surface area contributed by atoms with Gasteiger partial charge in [0.15, 0.2) is 0 Å². The Morgan fingerprint density at radius 1 is 1.00 bits per heavy atom. The van der Waals surface area contributed by atoms with E-state index in [-0.39, 0.29) is 6.04 Å². The summed E-state index contributed by atoms with van der Waals surface area (Å²) in [7, 11) is 2.04. The van der Waals surface area contributed by atoms with E-state index in [9.17, 15) is 0 Å². The van der Waals surface area contributed by atoms with Crippen LogP contribution in [0.15, 0.2) is 42.5 Å². The summed E-state index contributed by atoms with van der Waals surface area (Å²) in [4.78, 5) is 0. The molecule has 0 bridgehead atoms. The lowest BCUT2D eigenvalue weighted by atomic mass is 9.90. The molecule has 0 spiro atoms. The highest BCUT2D eigenvalue weighted by Gasteiger charge is 2.16. The van der Waals surface area contributed by atoms with Crippen molar-refractivity contribution in [1.29, 1.82) is 0 Å². The SMILES string of the molecule is CCc1ccccc1C(NC)c1cc(C)ccc1C. The van der Waals surface area contributed by atoms with Crippen LogP contribution in [0.25, 0.3) is 0 Å². The molecule has 2 aromatic carbocycles. The summed E-state index contributed by atoms with van der Waals surface area (Å²) >= 11 is 0. The molecule has 1 heteroatoms. The Morgan fingerprint density at radius 3 is 2.42 bits per heavy atom. The molecule has 0 aliphatic carbocycles. The molecule has 0 saturated carbocycles. The van der Waals surface area contributed by atoms with Crippen LogP contribution in [-0.4, -0.2) is 7.05 Å². The molecule has 0 aliphatic heterocycles. The van der Waals surface area contributed by atoms with Crippen molar-refractivity contribution in [1.82, 2.24) is 5.32 Å². The Bertz CT molecular complexity index is 557. The molecule has 1 N–H and O–H groups in total. The molecule has 0 aliphatic rings. The van der Waals surface area contributed by atoms with E-state index in [2.05, 4.69) is 68.6 Å². The molecule has 0 heterocycles. The zero-order chi connectivity index (χ0) is 13.8. The van der Waals surface area contributed by atoms with Gasteiger partial charge in [0, 0.05) is 0 Å². The Morgan fingerprint density at radius 2 is 1.74 bits per heavy atom. The summed E-state index contributed by atoms with van der Waals surface area (Å²) in [5.74, 6) is 0. The maximum absolute atomic E-state index is 3.48. The molecule has 0 amide bonds. The van der Waals surface area contributed by atoms with Gasteiger partial charge in [-0.3, -0.25) is 0 Å². The van der Waals surface area contributed by atoms with Crippen molar-refractivity contribution in [3.63, 3.8) is 0 Å². The van der Waals surface area contributed by atoms with Crippen molar-refractivity contribution < 1.29 is 0 Å². The van der Waals surface area contributed by atoms with E-state index in [0.29, 0.717) is 0 Å². The minimum Gasteiger partial charge on any atom is -0.309 e. The number of aryl methyl sites for hydroxylation is 3. The summed E-state index contributed by atoms with van der Waals surface area (Å²) in [6.45, 7) is 6.56. The van der Waals surface area contributed by atoms with Crippen LogP contribution in [0, 0.1) is 13.8 Å². The average Bonchev–Trinajstić information content (AvgIpc) is 2.44. The van der Waals surface area contributed by atoms with Gasteiger partial charge in [-0.1, -0.05) is 55.0 Å². The monoisotopic (exact) mass is 253 g/mol. The van der Waals surface area contributed by atoms with Crippen molar-refractivity contribution in [3.05, 3.63) is 70.3 Å². The third-order valence-corrected chi connectivity index (χ3v) is 3.78. The van der Waals surface area contributed by atoms with E-state index in [0.717, 1.165) is 6.42 Å². The van der Waals surface area contributed by atoms with Crippen LogP contribution in [0.1, 0.15) is 40.8 Å². The fourth-order valence-corrected chi connectivity index (χ4v) is 2.69. The van der Waals surface area contributed by atoms with Gasteiger partial charge >= 0.3 is 0 Å². The van der Waals surface area contributed by atoms with Crippen LogP contribution in [0.5, 0.6) is 0 Å². The number of rotatable bonds is 4. The zero-order valence-electron chi connectivity index (χ0n) is 12.3. The van der Waals surface area contributed by atoms with Crippen molar-refractivity contribution in [2.24, 2.45) is 0 Å². The zero-order valence-corrected chi connectivity index (χ0v) is 12.3. The first-order chi connectivity index (χ1) is 9.17. The van der Waals surface area contributed by atoms with Crippen LogP contribution in [0.3, 0.4) is 0 Å². The lowest BCUT2D eigenvalue weighted by Gasteiger charge is -2.22. The van der Waals surface area contributed by atoms with Gasteiger partial charge in [-0.15, -0.1) is 0 Å². The molecule has 0 saturated heterocycles. The molecule has 1 nitrogen and oxygen atoms in total. The minimum atomic E-state index is 0.274. The normalized spacial score (nSPS) is 12.4. The van der Waals surface area contributed by atoms with E-state index < -0.39 is 0 Å². The van der Waals surface area contributed by atoms with Gasteiger partial charge < -0.3 is 5.32 Å². The fraction of sp³-hybridized carbons (Fsp3) is 0.333. The molecule has 0 aromatic heterocycles. The van der Waals surface area contributed by atoms with Crippen LogP contribution < -0.4 is 5.32 Å². The highest BCUT2D eigenvalue weighted by molar-refractivity contribution is 5.42. The Hall–Kier alpha value is -1.60. The van der Waals surface area contributed by atoms with E-state index in [4.69, 9.17) is 0 Å². The number of hydrogen-bond donors (Lipinski definition) is 1. The third kappa shape index (κ3) is 2.87. The van der Waals surface area contributed by atoms with E-state index in [1.165, 1.54) is 27.8 Å². The largest absolute Gasteiger partial charge is 0.309 e. The highest BCUT2D eigenvalue weighted by Crippen LogP contribution is 2.28. The summed E-state index contributed by atoms with van der Waals surface area (Å²) in [5.41, 5.74) is 6.85. The van der Waals surface area contributed by atoms with Gasteiger partial charge in [0.2, 0.25) is 0 Å². The molecule has 1 atom stereocenters. The van der Waals surface area contributed by atoms with Crippen LogP contribution in [-0.2, 0) is 6.42 Å². The van der Waals surface area contributed by atoms with Gasteiger partial charge in [0.25, 0.3) is 0 Å². The molecule has 19 heavy (non-hydrogen) atoms. The van der Waals surface area contributed by atoms with Crippen LogP contribution >= 0.6 is 0 Å². The fourth-order valence-electron chi connectivity index (χ4n) is 2.69. The molecule has 0 fully saturated rings. The topological polar surface area (TPSA) is 12.0 Å². The highest BCUT2D eigenvalue weighted by atomic mass is 14.9. The van der Waals surface area contributed by atoms with Crippen molar-refractivity contribution in [2.45, 2.75) is 33.2 Å². The molecular formula is C18H23N. The van der Waals surface area contributed by atoms with Crippen molar-refractivity contribution >= 4 is 0 Å². The standard InChI is InChI=1S/C18H23N/c1-5-15-8-6-7-9-16(15)18(19-4)17-12-13(2)10-11-14(17)3/h6-12,18-19H,5H2,1-4H3. The number of nitrogens with one attached hydrogen (secondary N) is 1. The van der Waals surface area contributed by atoms with Gasteiger partial charge in [-0.25, -0.2) is 0 Å². The summed E-state index contributed by atoms with van der Waals surface area (Å²) < 4.78 is 0. The number of benzene rings is 2. The third-order valence-electron chi connectivity index (χ3n) is 3.78. The first-order valence-corrected chi connectivity index (χ1v) is 6.99. The van der Waals surface area contributed by atoms with Gasteiger partial charge in [0.1, 0.15) is 0 Å². The lowest BCUT2D eigenvalue weighted by Crippen LogP contribution is -2.20. The van der Waals surface area contributed by atoms with Crippen LogP contribution in [0.4, 0.5) is 0 Å². The first-order valence-electron chi connectivity index (χ1n) is 6.99.